The Morgan fingerprint density at radius 3 is 2.52 bits per heavy atom. The molecule has 2 heterocycles. The Balaban J connectivity index is 1.53. The van der Waals surface area contributed by atoms with Crippen LogP contribution in [0.25, 0.3) is 0 Å². The van der Waals surface area contributed by atoms with E-state index in [4.69, 9.17) is 0 Å². The maximum absolute atomic E-state index is 13.3. The summed E-state index contributed by atoms with van der Waals surface area (Å²) in [5.74, 6) is -0.268. The van der Waals surface area contributed by atoms with E-state index in [1.807, 2.05) is 24.0 Å². The standard InChI is InChI=1S/C25H22N2O3S/c1-2-27-21-15-18(24(28)26-14-13-17-7-3-4-8-19(17)16-26)11-12-23(21)31(30)22-10-6-5-9-20(22)25(27)29/h3-12,15H,2,13-14,16H2,1H3. The van der Waals surface area contributed by atoms with Crippen molar-refractivity contribution in [2.45, 2.75) is 29.7 Å². The van der Waals surface area contributed by atoms with E-state index in [0.29, 0.717) is 46.2 Å². The van der Waals surface area contributed by atoms with E-state index in [2.05, 4.69) is 12.1 Å². The highest BCUT2D eigenvalue weighted by Crippen LogP contribution is 2.35. The first-order valence-electron chi connectivity index (χ1n) is 10.4. The van der Waals surface area contributed by atoms with Crippen LogP contribution in [0.2, 0.25) is 0 Å². The van der Waals surface area contributed by atoms with Gasteiger partial charge in [-0.05, 0) is 54.8 Å². The van der Waals surface area contributed by atoms with Crippen molar-refractivity contribution in [1.82, 2.24) is 4.90 Å². The molecule has 5 nitrogen and oxygen atoms in total. The van der Waals surface area contributed by atoms with Gasteiger partial charge in [-0.15, -0.1) is 0 Å². The first-order chi connectivity index (χ1) is 15.1. The highest BCUT2D eigenvalue weighted by Gasteiger charge is 2.31. The van der Waals surface area contributed by atoms with Crippen molar-refractivity contribution in [2.24, 2.45) is 0 Å². The third-order valence-electron chi connectivity index (χ3n) is 5.99. The van der Waals surface area contributed by atoms with Gasteiger partial charge in [-0.2, -0.15) is 0 Å². The molecule has 2 aliphatic rings. The maximum atomic E-state index is 13.3. The zero-order valence-electron chi connectivity index (χ0n) is 17.2. The second kappa shape index (κ2) is 7.78. The first-order valence-corrected chi connectivity index (χ1v) is 11.6. The molecule has 0 fully saturated rings. The lowest BCUT2D eigenvalue weighted by atomic mass is 9.99. The molecular weight excluding hydrogens is 408 g/mol. The summed E-state index contributed by atoms with van der Waals surface area (Å²) in [4.78, 5) is 31.0. The monoisotopic (exact) mass is 430 g/mol. The van der Waals surface area contributed by atoms with Crippen LogP contribution in [-0.2, 0) is 23.8 Å². The number of carbonyl (C=O) groups is 2. The van der Waals surface area contributed by atoms with E-state index in [0.717, 1.165) is 6.42 Å². The Labute approximate surface area is 183 Å². The van der Waals surface area contributed by atoms with Gasteiger partial charge in [0.2, 0.25) is 0 Å². The van der Waals surface area contributed by atoms with E-state index >= 15 is 0 Å². The van der Waals surface area contributed by atoms with E-state index in [1.54, 1.807) is 47.4 Å². The summed E-state index contributed by atoms with van der Waals surface area (Å²) in [6.07, 6.45) is 0.825. The topological polar surface area (TPSA) is 57.7 Å². The lowest BCUT2D eigenvalue weighted by Crippen LogP contribution is -2.36. The normalized spacial score (nSPS) is 17.5. The van der Waals surface area contributed by atoms with Crippen molar-refractivity contribution >= 4 is 28.3 Å². The second-order valence-electron chi connectivity index (χ2n) is 7.74. The number of nitrogens with zero attached hydrogens (tertiary/aromatic N) is 2. The Kier molecular flexibility index (Phi) is 4.94. The van der Waals surface area contributed by atoms with Crippen molar-refractivity contribution in [3.63, 3.8) is 0 Å². The summed E-state index contributed by atoms with van der Waals surface area (Å²) in [6.45, 7) is 3.53. The number of hydrogen-bond acceptors (Lipinski definition) is 3. The number of rotatable bonds is 2. The average molecular weight is 431 g/mol. The molecular formula is C25H22N2O3S. The molecule has 5 rings (SSSR count). The molecule has 156 valence electrons. The fraction of sp³-hybridized carbons (Fsp3) is 0.200. The summed E-state index contributed by atoms with van der Waals surface area (Å²) in [6, 6.07) is 20.4. The summed E-state index contributed by atoms with van der Waals surface area (Å²) in [5, 5.41) is 0. The Morgan fingerprint density at radius 2 is 1.71 bits per heavy atom. The SMILES string of the molecule is CCN1C(=O)c2ccccc2S(=O)c2ccc(C(=O)N3CCc4ccccc4C3)cc21. The van der Waals surface area contributed by atoms with Gasteiger partial charge in [0.05, 0.1) is 31.8 Å². The van der Waals surface area contributed by atoms with Gasteiger partial charge in [0.25, 0.3) is 11.8 Å². The first kappa shape index (κ1) is 19.7. The maximum Gasteiger partial charge on any atom is 0.259 e. The van der Waals surface area contributed by atoms with Crippen LogP contribution in [0.1, 0.15) is 38.8 Å². The zero-order valence-corrected chi connectivity index (χ0v) is 18.0. The molecule has 31 heavy (non-hydrogen) atoms. The van der Waals surface area contributed by atoms with Crippen LogP contribution in [0.4, 0.5) is 5.69 Å². The van der Waals surface area contributed by atoms with Gasteiger partial charge in [0, 0.05) is 25.2 Å². The molecule has 0 bridgehead atoms. The summed E-state index contributed by atoms with van der Waals surface area (Å²) in [7, 11) is -1.49. The van der Waals surface area contributed by atoms with Crippen LogP contribution in [0.15, 0.2) is 76.5 Å². The van der Waals surface area contributed by atoms with Gasteiger partial charge in [-0.25, -0.2) is 4.21 Å². The van der Waals surface area contributed by atoms with Crippen LogP contribution in [0.3, 0.4) is 0 Å². The Morgan fingerprint density at radius 1 is 0.968 bits per heavy atom. The minimum Gasteiger partial charge on any atom is -0.334 e. The highest BCUT2D eigenvalue weighted by molar-refractivity contribution is 7.85. The smallest absolute Gasteiger partial charge is 0.259 e. The molecule has 2 aliphatic heterocycles. The predicted octanol–water partition coefficient (Wildman–Crippen LogP) is 4.03. The molecule has 3 aromatic carbocycles. The van der Waals surface area contributed by atoms with Crippen LogP contribution in [0, 0.1) is 0 Å². The summed E-state index contributed by atoms with van der Waals surface area (Å²) >= 11 is 0. The minimum absolute atomic E-state index is 0.0756. The van der Waals surface area contributed by atoms with E-state index < -0.39 is 10.8 Å². The third kappa shape index (κ3) is 3.27. The lowest BCUT2D eigenvalue weighted by molar-refractivity contribution is 0.0734. The van der Waals surface area contributed by atoms with E-state index in [9.17, 15) is 13.8 Å². The van der Waals surface area contributed by atoms with Crippen LogP contribution in [0.5, 0.6) is 0 Å². The second-order valence-corrected chi connectivity index (χ2v) is 9.16. The van der Waals surface area contributed by atoms with Gasteiger partial charge in [-0.3, -0.25) is 9.59 Å². The average Bonchev–Trinajstić information content (AvgIpc) is 2.91. The molecule has 2 amide bonds. The van der Waals surface area contributed by atoms with Gasteiger partial charge in [-0.1, -0.05) is 36.4 Å². The van der Waals surface area contributed by atoms with Crippen molar-refractivity contribution in [2.75, 3.05) is 18.0 Å². The molecule has 6 heteroatoms. The van der Waals surface area contributed by atoms with Gasteiger partial charge >= 0.3 is 0 Å². The van der Waals surface area contributed by atoms with Crippen molar-refractivity contribution < 1.29 is 13.8 Å². The van der Waals surface area contributed by atoms with Crippen molar-refractivity contribution in [3.05, 3.63) is 89.0 Å². The quantitative estimate of drug-likeness (QED) is 0.617. The van der Waals surface area contributed by atoms with E-state index in [1.165, 1.54) is 11.1 Å². The fourth-order valence-corrected chi connectivity index (χ4v) is 5.71. The highest BCUT2D eigenvalue weighted by atomic mass is 32.2. The number of benzene rings is 3. The molecule has 0 saturated heterocycles. The molecule has 0 radical (unpaired) electrons. The zero-order chi connectivity index (χ0) is 21.5. The Bertz CT molecular complexity index is 1240. The predicted molar refractivity (Wildman–Crippen MR) is 120 cm³/mol. The molecule has 0 saturated carbocycles. The van der Waals surface area contributed by atoms with Crippen LogP contribution < -0.4 is 4.90 Å². The molecule has 1 atom stereocenters. The largest absolute Gasteiger partial charge is 0.334 e. The van der Waals surface area contributed by atoms with E-state index in [-0.39, 0.29) is 11.8 Å². The fourth-order valence-electron chi connectivity index (χ4n) is 4.36. The lowest BCUT2D eigenvalue weighted by Gasteiger charge is -2.29. The van der Waals surface area contributed by atoms with Gasteiger partial charge in [0.1, 0.15) is 0 Å². The molecule has 0 aromatic heterocycles. The molecule has 0 N–H and O–H groups in total. The molecule has 1 unspecified atom stereocenters. The van der Waals surface area contributed by atoms with Gasteiger partial charge in [0.15, 0.2) is 0 Å². The number of anilines is 1. The van der Waals surface area contributed by atoms with Crippen molar-refractivity contribution in [3.8, 4) is 0 Å². The molecule has 0 spiro atoms. The number of amides is 2. The van der Waals surface area contributed by atoms with Crippen LogP contribution in [-0.4, -0.2) is 34.0 Å². The molecule has 3 aromatic rings. The van der Waals surface area contributed by atoms with Crippen molar-refractivity contribution in [1.29, 1.82) is 0 Å². The summed E-state index contributed by atoms with van der Waals surface area (Å²) in [5.41, 5.74) is 3.94. The number of carbonyl (C=O) groups excluding carboxylic acids is 2. The number of hydrogen-bond donors (Lipinski definition) is 0. The van der Waals surface area contributed by atoms with Crippen LogP contribution >= 0.6 is 0 Å². The molecule has 0 aliphatic carbocycles. The third-order valence-corrected chi connectivity index (χ3v) is 7.49. The summed E-state index contributed by atoms with van der Waals surface area (Å²) < 4.78 is 13.3. The minimum atomic E-state index is -1.49. The van der Waals surface area contributed by atoms with Gasteiger partial charge < -0.3 is 9.80 Å². The number of fused-ring (bicyclic) bond motifs is 3. The Hall–Kier alpha value is -3.25.